The summed E-state index contributed by atoms with van der Waals surface area (Å²) in [5.41, 5.74) is 7.93. The molecule has 2 aromatic rings. The summed E-state index contributed by atoms with van der Waals surface area (Å²) >= 11 is 0. The Labute approximate surface area is 106 Å². The number of H-pyrrole nitrogens is 1. The van der Waals surface area contributed by atoms with Crippen LogP contribution >= 0.6 is 12.4 Å². The van der Waals surface area contributed by atoms with E-state index in [1.165, 1.54) is 7.11 Å². The Bertz CT molecular complexity index is 510. The number of hydrogen-bond acceptors (Lipinski definition) is 3. The molecule has 3 N–H and O–H groups in total. The summed E-state index contributed by atoms with van der Waals surface area (Å²) in [6.07, 6.45) is 2.08. The summed E-state index contributed by atoms with van der Waals surface area (Å²) < 4.78 is 4.59. The van der Waals surface area contributed by atoms with E-state index in [1.807, 2.05) is 30.5 Å². The van der Waals surface area contributed by atoms with Crippen molar-refractivity contribution in [1.82, 2.24) is 4.98 Å². The van der Waals surface area contributed by atoms with Gasteiger partial charge in [-0.15, -0.1) is 12.4 Å². The smallest absolute Gasteiger partial charge is 0.307 e. The Morgan fingerprint density at radius 2 is 2.24 bits per heavy atom. The molecule has 92 valence electrons. The highest BCUT2D eigenvalue weighted by molar-refractivity contribution is 5.85. The van der Waals surface area contributed by atoms with Gasteiger partial charge in [0.05, 0.1) is 13.5 Å². The summed E-state index contributed by atoms with van der Waals surface area (Å²) in [6.45, 7) is 0. The zero-order valence-corrected chi connectivity index (χ0v) is 10.3. The van der Waals surface area contributed by atoms with Crippen LogP contribution in [0.15, 0.2) is 30.5 Å². The molecule has 0 saturated carbocycles. The Hall–Kier alpha value is -1.52. The highest BCUT2D eigenvalue weighted by Crippen LogP contribution is 2.20. The van der Waals surface area contributed by atoms with E-state index < -0.39 is 0 Å². The summed E-state index contributed by atoms with van der Waals surface area (Å²) in [5.74, 6) is -0.290. The van der Waals surface area contributed by atoms with Gasteiger partial charge in [-0.2, -0.15) is 0 Å². The van der Waals surface area contributed by atoms with Crippen LogP contribution in [-0.2, 0) is 9.53 Å². The lowest BCUT2D eigenvalue weighted by Gasteiger charge is -2.10. The molecule has 1 atom stereocenters. The number of halogens is 1. The van der Waals surface area contributed by atoms with Crippen molar-refractivity contribution in [2.24, 2.45) is 5.73 Å². The Balaban J connectivity index is 0.00000144. The molecule has 0 amide bonds. The molecule has 1 heterocycles. The molecule has 0 bridgehead atoms. The number of carbonyl (C=O) groups excluding carboxylic acids is 1. The van der Waals surface area contributed by atoms with Crippen LogP contribution in [0.5, 0.6) is 0 Å². The minimum atomic E-state index is -0.313. The summed E-state index contributed by atoms with van der Waals surface area (Å²) in [4.78, 5) is 14.2. The predicted molar refractivity (Wildman–Crippen MR) is 69.1 cm³/mol. The lowest BCUT2D eigenvalue weighted by molar-refractivity contribution is -0.141. The topological polar surface area (TPSA) is 68.1 Å². The largest absolute Gasteiger partial charge is 0.469 e. The number of fused-ring (bicyclic) bond motifs is 1. The van der Waals surface area contributed by atoms with Gasteiger partial charge >= 0.3 is 5.97 Å². The first kappa shape index (κ1) is 13.5. The fraction of sp³-hybridized carbons (Fsp3) is 0.250. The predicted octanol–water partition coefficient (Wildman–Crippen LogP) is 2.15. The third kappa shape index (κ3) is 2.99. The van der Waals surface area contributed by atoms with Crippen LogP contribution < -0.4 is 5.73 Å². The fourth-order valence-electron chi connectivity index (χ4n) is 1.68. The second-order valence-electron chi connectivity index (χ2n) is 3.71. The van der Waals surface area contributed by atoms with Crippen LogP contribution in [0, 0.1) is 0 Å². The van der Waals surface area contributed by atoms with Crippen molar-refractivity contribution < 1.29 is 9.53 Å². The molecule has 4 nitrogen and oxygen atoms in total. The lowest BCUT2D eigenvalue weighted by Crippen LogP contribution is -2.16. The SMILES string of the molecule is COC(=O)C[C@@H](N)c1ccc2[nH]ccc2c1.Cl. The zero-order valence-electron chi connectivity index (χ0n) is 9.47. The van der Waals surface area contributed by atoms with Crippen molar-refractivity contribution in [2.75, 3.05) is 7.11 Å². The third-order valence-electron chi connectivity index (χ3n) is 2.62. The first-order chi connectivity index (χ1) is 7.70. The maximum atomic E-state index is 11.1. The van der Waals surface area contributed by atoms with Crippen LogP contribution in [0.25, 0.3) is 10.9 Å². The standard InChI is InChI=1S/C12H14N2O2.ClH/c1-16-12(15)7-10(13)8-2-3-11-9(6-8)4-5-14-11;/h2-6,10,14H,7,13H2,1H3;1H/t10-;/m1./s1. The lowest BCUT2D eigenvalue weighted by atomic mass is 10.0. The quantitative estimate of drug-likeness (QED) is 0.825. The molecule has 0 spiro atoms. The molecule has 0 aliphatic rings. The van der Waals surface area contributed by atoms with Gasteiger partial charge in [0.2, 0.25) is 0 Å². The number of benzene rings is 1. The van der Waals surface area contributed by atoms with Crippen molar-refractivity contribution in [2.45, 2.75) is 12.5 Å². The number of carbonyl (C=O) groups is 1. The number of rotatable bonds is 3. The van der Waals surface area contributed by atoms with E-state index in [0.29, 0.717) is 0 Å². The van der Waals surface area contributed by atoms with Crippen LogP contribution in [0.1, 0.15) is 18.0 Å². The Kier molecular flexibility index (Phi) is 4.54. The van der Waals surface area contributed by atoms with E-state index in [9.17, 15) is 4.79 Å². The van der Waals surface area contributed by atoms with Gasteiger partial charge in [-0.1, -0.05) is 6.07 Å². The molecule has 0 aliphatic carbocycles. The van der Waals surface area contributed by atoms with E-state index in [1.54, 1.807) is 0 Å². The van der Waals surface area contributed by atoms with E-state index in [2.05, 4.69) is 9.72 Å². The number of methoxy groups -OCH3 is 1. The van der Waals surface area contributed by atoms with Gasteiger partial charge in [0.25, 0.3) is 0 Å². The molecule has 1 aromatic carbocycles. The van der Waals surface area contributed by atoms with Gasteiger partial charge < -0.3 is 15.5 Å². The number of nitrogens with two attached hydrogens (primary N) is 1. The Morgan fingerprint density at radius 3 is 2.94 bits per heavy atom. The average molecular weight is 255 g/mol. The molecule has 0 radical (unpaired) electrons. The molecule has 0 aliphatic heterocycles. The summed E-state index contributed by atoms with van der Waals surface area (Å²) in [7, 11) is 1.37. The van der Waals surface area contributed by atoms with Crippen LogP contribution in [0.2, 0.25) is 0 Å². The minimum absolute atomic E-state index is 0. The van der Waals surface area contributed by atoms with Gasteiger partial charge in [-0.3, -0.25) is 4.79 Å². The highest BCUT2D eigenvalue weighted by Gasteiger charge is 2.12. The Morgan fingerprint density at radius 1 is 1.47 bits per heavy atom. The first-order valence-electron chi connectivity index (χ1n) is 5.10. The maximum Gasteiger partial charge on any atom is 0.307 e. The number of ether oxygens (including phenoxy) is 1. The minimum Gasteiger partial charge on any atom is -0.469 e. The highest BCUT2D eigenvalue weighted by atomic mass is 35.5. The summed E-state index contributed by atoms with van der Waals surface area (Å²) in [5, 5.41) is 1.10. The van der Waals surface area contributed by atoms with Gasteiger partial charge in [-0.05, 0) is 29.1 Å². The van der Waals surface area contributed by atoms with E-state index in [4.69, 9.17) is 5.73 Å². The number of esters is 1. The molecular formula is C12H15ClN2O2. The second kappa shape index (κ2) is 5.70. The normalized spacial score (nSPS) is 11.9. The number of nitrogens with one attached hydrogen (secondary N) is 1. The van der Waals surface area contributed by atoms with Gasteiger partial charge in [0, 0.05) is 17.8 Å². The van der Waals surface area contributed by atoms with Crippen molar-refractivity contribution in [3.63, 3.8) is 0 Å². The van der Waals surface area contributed by atoms with E-state index in [-0.39, 0.29) is 30.8 Å². The van der Waals surface area contributed by atoms with Crippen molar-refractivity contribution >= 4 is 29.3 Å². The zero-order chi connectivity index (χ0) is 11.5. The number of hydrogen-bond donors (Lipinski definition) is 2. The number of aromatic nitrogens is 1. The van der Waals surface area contributed by atoms with Crippen molar-refractivity contribution in [3.8, 4) is 0 Å². The van der Waals surface area contributed by atoms with Gasteiger partial charge in [0.15, 0.2) is 0 Å². The molecule has 1 aromatic heterocycles. The van der Waals surface area contributed by atoms with E-state index >= 15 is 0 Å². The van der Waals surface area contributed by atoms with Gasteiger partial charge in [-0.25, -0.2) is 0 Å². The van der Waals surface area contributed by atoms with Crippen molar-refractivity contribution in [3.05, 3.63) is 36.0 Å². The molecule has 2 rings (SSSR count). The third-order valence-corrected chi connectivity index (χ3v) is 2.62. The van der Waals surface area contributed by atoms with Crippen molar-refractivity contribution in [1.29, 1.82) is 0 Å². The molecule has 0 saturated heterocycles. The van der Waals surface area contributed by atoms with Crippen LogP contribution in [0.3, 0.4) is 0 Å². The maximum absolute atomic E-state index is 11.1. The second-order valence-corrected chi connectivity index (χ2v) is 3.71. The molecule has 0 fully saturated rings. The molecular weight excluding hydrogens is 240 g/mol. The molecule has 0 unspecified atom stereocenters. The first-order valence-corrected chi connectivity index (χ1v) is 5.10. The summed E-state index contributed by atoms with van der Waals surface area (Å²) in [6, 6.07) is 7.53. The van der Waals surface area contributed by atoms with E-state index in [0.717, 1.165) is 16.5 Å². The molecule has 5 heteroatoms. The molecule has 17 heavy (non-hydrogen) atoms. The van der Waals surface area contributed by atoms with Gasteiger partial charge in [0.1, 0.15) is 0 Å². The average Bonchev–Trinajstić information content (AvgIpc) is 2.75. The van der Waals surface area contributed by atoms with Crippen LogP contribution in [0.4, 0.5) is 0 Å². The number of aromatic amines is 1. The monoisotopic (exact) mass is 254 g/mol. The van der Waals surface area contributed by atoms with Crippen LogP contribution in [-0.4, -0.2) is 18.1 Å². The fourth-order valence-corrected chi connectivity index (χ4v) is 1.68.